The van der Waals surface area contributed by atoms with Crippen LogP contribution in [0.1, 0.15) is 11.1 Å². The van der Waals surface area contributed by atoms with Gasteiger partial charge in [-0.2, -0.15) is 0 Å². The predicted molar refractivity (Wildman–Crippen MR) is 104 cm³/mol. The zero-order valence-electron chi connectivity index (χ0n) is 14.9. The van der Waals surface area contributed by atoms with Gasteiger partial charge in [-0.15, -0.1) is 0 Å². The quantitative estimate of drug-likeness (QED) is 0.370. The molecule has 0 aliphatic heterocycles. The smallest absolute Gasteiger partial charge is 0.240 e. The number of benzene rings is 2. The zero-order chi connectivity index (χ0) is 19.0. The minimum absolute atomic E-state index is 0.187. The molecule has 0 aliphatic carbocycles. The van der Waals surface area contributed by atoms with E-state index in [-0.39, 0.29) is 23.9 Å². The number of hydrogen-bond donors (Lipinski definition) is 3. The van der Waals surface area contributed by atoms with Gasteiger partial charge in [-0.05, 0) is 42.3 Å². The number of anilines is 1. The van der Waals surface area contributed by atoms with Gasteiger partial charge in [0.25, 0.3) is 0 Å². The number of aryl methyl sites for hydroxylation is 1. The molecular formula is C18H24N4O3S. The molecule has 0 bridgehead atoms. The van der Waals surface area contributed by atoms with Gasteiger partial charge >= 0.3 is 0 Å². The second kappa shape index (κ2) is 9.33. The van der Waals surface area contributed by atoms with Crippen molar-refractivity contribution in [2.75, 3.05) is 25.6 Å². The van der Waals surface area contributed by atoms with Gasteiger partial charge in [0.05, 0.1) is 18.0 Å². The number of rotatable bonds is 8. The summed E-state index contributed by atoms with van der Waals surface area (Å²) in [6, 6.07) is 14.4. The Balaban J connectivity index is 2.03. The maximum atomic E-state index is 12.2. The molecule has 0 saturated heterocycles. The van der Waals surface area contributed by atoms with Crippen LogP contribution in [0.4, 0.5) is 5.69 Å². The molecule has 0 amide bonds. The van der Waals surface area contributed by atoms with E-state index in [1.54, 1.807) is 18.2 Å². The van der Waals surface area contributed by atoms with E-state index in [2.05, 4.69) is 15.0 Å². The summed E-state index contributed by atoms with van der Waals surface area (Å²) in [5.41, 5.74) is 8.61. The van der Waals surface area contributed by atoms with E-state index in [0.29, 0.717) is 6.61 Å². The van der Waals surface area contributed by atoms with Crippen molar-refractivity contribution in [1.82, 2.24) is 4.72 Å². The topological polar surface area (TPSA) is 106 Å². The van der Waals surface area contributed by atoms with Crippen LogP contribution in [0.25, 0.3) is 0 Å². The third-order valence-electron chi connectivity index (χ3n) is 3.53. The molecule has 140 valence electrons. The Labute approximate surface area is 154 Å². The van der Waals surface area contributed by atoms with Crippen LogP contribution in [0.3, 0.4) is 0 Å². The van der Waals surface area contributed by atoms with Crippen molar-refractivity contribution in [3.63, 3.8) is 0 Å². The van der Waals surface area contributed by atoms with E-state index in [0.717, 1.165) is 16.8 Å². The average molecular weight is 376 g/mol. The van der Waals surface area contributed by atoms with Crippen molar-refractivity contribution in [1.29, 1.82) is 0 Å². The van der Waals surface area contributed by atoms with E-state index < -0.39 is 10.0 Å². The van der Waals surface area contributed by atoms with Gasteiger partial charge in [0.15, 0.2) is 5.96 Å². The first-order chi connectivity index (χ1) is 12.4. The fourth-order valence-corrected chi connectivity index (χ4v) is 3.34. The number of guanidine groups is 1. The van der Waals surface area contributed by atoms with Crippen LogP contribution in [-0.2, 0) is 21.3 Å². The normalized spacial score (nSPS) is 12.2. The molecule has 2 rings (SSSR count). The molecular weight excluding hydrogens is 352 g/mol. The van der Waals surface area contributed by atoms with Gasteiger partial charge in [-0.25, -0.2) is 18.1 Å². The number of methoxy groups -OCH3 is 1. The van der Waals surface area contributed by atoms with Gasteiger partial charge in [-0.3, -0.25) is 0 Å². The molecule has 0 atom stereocenters. The number of nitrogens with zero attached hydrogens (tertiary/aromatic N) is 1. The summed E-state index contributed by atoms with van der Waals surface area (Å²) in [6.45, 7) is 2.79. The number of nitrogens with one attached hydrogen (secondary N) is 2. The highest BCUT2D eigenvalue weighted by Crippen LogP contribution is 2.13. The molecule has 2 aromatic carbocycles. The second-order valence-corrected chi connectivity index (χ2v) is 7.50. The summed E-state index contributed by atoms with van der Waals surface area (Å²) in [6.07, 6.45) is 0. The highest BCUT2D eigenvalue weighted by atomic mass is 32.2. The molecule has 26 heavy (non-hydrogen) atoms. The lowest BCUT2D eigenvalue weighted by molar-refractivity contribution is 0.204. The predicted octanol–water partition coefficient (Wildman–Crippen LogP) is 1.85. The van der Waals surface area contributed by atoms with Crippen molar-refractivity contribution in [3.8, 4) is 0 Å². The average Bonchev–Trinajstić information content (AvgIpc) is 2.60. The van der Waals surface area contributed by atoms with Crippen LogP contribution >= 0.6 is 0 Å². The number of sulfonamides is 1. The van der Waals surface area contributed by atoms with Gasteiger partial charge in [0.1, 0.15) is 0 Å². The lowest BCUT2D eigenvalue weighted by Crippen LogP contribution is -2.27. The Kier molecular flexibility index (Phi) is 7.14. The van der Waals surface area contributed by atoms with E-state index in [1.807, 2.05) is 31.2 Å². The number of aliphatic imine (C=N–C) groups is 1. The molecule has 0 saturated carbocycles. The molecule has 0 fully saturated rings. The number of ether oxygens (including phenoxy) is 1. The summed E-state index contributed by atoms with van der Waals surface area (Å²) >= 11 is 0. The van der Waals surface area contributed by atoms with Crippen LogP contribution in [0.2, 0.25) is 0 Å². The van der Waals surface area contributed by atoms with Crippen molar-refractivity contribution < 1.29 is 13.2 Å². The lowest BCUT2D eigenvalue weighted by atomic mass is 10.2. The third-order valence-corrected chi connectivity index (χ3v) is 4.99. The van der Waals surface area contributed by atoms with Crippen molar-refractivity contribution >= 4 is 21.7 Å². The zero-order valence-corrected chi connectivity index (χ0v) is 15.7. The molecule has 2 aromatic rings. The Bertz CT molecular complexity index is 866. The fraction of sp³-hybridized carbons (Fsp3) is 0.278. The minimum Gasteiger partial charge on any atom is -0.383 e. The Morgan fingerprint density at radius 3 is 2.69 bits per heavy atom. The molecule has 0 aromatic heterocycles. The van der Waals surface area contributed by atoms with Gasteiger partial charge in [0, 0.05) is 19.3 Å². The largest absolute Gasteiger partial charge is 0.383 e. The number of nitrogens with two attached hydrogens (primary N) is 1. The van der Waals surface area contributed by atoms with E-state index in [4.69, 9.17) is 10.5 Å². The first-order valence-electron chi connectivity index (χ1n) is 8.12. The molecule has 0 radical (unpaired) electrons. The Morgan fingerprint density at radius 2 is 1.96 bits per heavy atom. The Hall–Kier alpha value is -2.42. The van der Waals surface area contributed by atoms with E-state index in [9.17, 15) is 8.42 Å². The van der Waals surface area contributed by atoms with Crippen molar-refractivity contribution in [2.45, 2.75) is 18.4 Å². The SMILES string of the molecule is COCCNS(=O)(=O)c1cccc(CN=C(N)Nc2cccc(C)c2)c1. The standard InChI is InChI=1S/C18H24N4O3S/c1-14-5-3-7-16(11-14)22-18(19)20-13-15-6-4-8-17(12-15)26(23,24)21-9-10-25-2/h3-8,11-12,21H,9-10,13H2,1-2H3,(H3,19,20,22). The number of hydrogen-bond acceptors (Lipinski definition) is 4. The van der Waals surface area contributed by atoms with Crippen LogP contribution in [-0.4, -0.2) is 34.6 Å². The highest BCUT2D eigenvalue weighted by molar-refractivity contribution is 7.89. The molecule has 0 spiro atoms. The molecule has 0 unspecified atom stereocenters. The molecule has 0 heterocycles. The molecule has 8 heteroatoms. The van der Waals surface area contributed by atoms with Gasteiger partial charge < -0.3 is 15.8 Å². The summed E-state index contributed by atoms with van der Waals surface area (Å²) in [7, 11) is -2.06. The molecule has 4 N–H and O–H groups in total. The first-order valence-corrected chi connectivity index (χ1v) is 9.60. The van der Waals surface area contributed by atoms with Crippen LogP contribution < -0.4 is 15.8 Å². The summed E-state index contributed by atoms with van der Waals surface area (Å²) in [5.74, 6) is 0.266. The van der Waals surface area contributed by atoms with E-state index in [1.165, 1.54) is 13.2 Å². The van der Waals surface area contributed by atoms with E-state index >= 15 is 0 Å². The van der Waals surface area contributed by atoms with Crippen molar-refractivity contribution in [3.05, 3.63) is 59.7 Å². The maximum absolute atomic E-state index is 12.2. The van der Waals surface area contributed by atoms with Crippen molar-refractivity contribution in [2.24, 2.45) is 10.7 Å². The fourth-order valence-electron chi connectivity index (χ4n) is 2.26. The highest BCUT2D eigenvalue weighted by Gasteiger charge is 2.13. The van der Waals surface area contributed by atoms with Crippen LogP contribution in [0, 0.1) is 6.92 Å². The first kappa shape index (κ1) is 19.9. The van der Waals surface area contributed by atoms with Crippen LogP contribution in [0.15, 0.2) is 58.4 Å². The summed E-state index contributed by atoms with van der Waals surface area (Å²) < 4.78 is 31.8. The lowest BCUT2D eigenvalue weighted by Gasteiger charge is -2.08. The Morgan fingerprint density at radius 1 is 1.19 bits per heavy atom. The molecule has 0 aliphatic rings. The van der Waals surface area contributed by atoms with Gasteiger partial charge in [0.2, 0.25) is 10.0 Å². The van der Waals surface area contributed by atoms with Crippen LogP contribution in [0.5, 0.6) is 0 Å². The monoisotopic (exact) mass is 376 g/mol. The maximum Gasteiger partial charge on any atom is 0.240 e. The summed E-state index contributed by atoms with van der Waals surface area (Å²) in [5, 5.41) is 3.02. The summed E-state index contributed by atoms with van der Waals surface area (Å²) in [4.78, 5) is 4.45. The minimum atomic E-state index is -3.57. The molecule has 7 nitrogen and oxygen atoms in total. The third kappa shape index (κ3) is 6.14. The second-order valence-electron chi connectivity index (χ2n) is 5.73. The van der Waals surface area contributed by atoms with Gasteiger partial charge in [-0.1, -0.05) is 24.3 Å².